The number of halogens is 4. The fourth-order valence-corrected chi connectivity index (χ4v) is 4.42. The Morgan fingerprint density at radius 2 is 2.00 bits per heavy atom. The second-order valence-electron chi connectivity index (χ2n) is 8.66. The van der Waals surface area contributed by atoms with Gasteiger partial charge in [0.15, 0.2) is 5.82 Å². The SMILES string of the molecule is OC[C@H]1OC[C@H](Oc2nc3c(F)c(-c4ccc(N5CCC(F)(F)C5)cc4)c(F)cc3[nH]2)C[C@@H]1O. The number of anilines is 1. The Balaban J connectivity index is 1.38. The minimum absolute atomic E-state index is 0.0565. The van der Waals surface area contributed by atoms with Gasteiger partial charge in [-0.3, -0.25) is 0 Å². The molecule has 2 aliphatic heterocycles. The summed E-state index contributed by atoms with van der Waals surface area (Å²) >= 11 is 0. The molecule has 34 heavy (non-hydrogen) atoms. The van der Waals surface area contributed by atoms with Crippen molar-refractivity contribution in [1.82, 2.24) is 9.97 Å². The van der Waals surface area contributed by atoms with Crippen LogP contribution < -0.4 is 9.64 Å². The van der Waals surface area contributed by atoms with E-state index in [1.807, 2.05) is 0 Å². The molecule has 0 unspecified atom stereocenters. The van der Waals surface area contributed by atoms with Crippen LogP contribution in [0, 0.1) is 11.6 Å². The molecule has 2 aliphatic rings. The van der Waals surface area contributed by atoms with Gasteiger partial charge in [0.1, 0.15) is 23.5 Å². The first-order valence-electron chi connectivity index (χ1n) is 10.9. The van der Waals surface area contributed by atoms with Gasteiger partial charge in [0.2, 0.25) is 0 Å². The van der Waals surface area contributed by atoms with E-state index in [1.54, 1.807) is 12.1 Å². The van der Waals surface area contributed by atoms with E-state index in [0.717, 1.165) is 6.07 Å². The Morgan fingerprint density at radius 3 is 2.65 bits per heavy atom. The van der Waals surface area contributed by atoms with Crippen molar-refractivity contribution < 1.29 is 37.2 Å². The van der Waals surface area contributed by atoms with Gasteiger partial charge in [0.25, 0.3) is 11.9 Å². The Hall–Kier alpha value is -2.89. The maximum atomic E-state index is 15.3. The smallest absolute Gasteiger partial charge is 0.295 e. The molecule has 182 valence electrons. The fraction of sp³-hybridized carbons (Fsp3) is 0.435. The highest BCUT2D eigenvalue weighted by molar-refractivity contribution is 5.84. The maximum absolute atomic E-state index is 15.3. The summed E-state index contributed by atoms with van der Waals surface area (Å²) in [5, 5.41) is 19.1. The van der Waals surface area contributed by atoms with Crippen LogP contribution in [0.4, 0.5) is 23.2 Å². The zero-order valence-electron chi connectivity index (χ0n) is 18.0. The van der Waals surface area contributed by atoms with Crippen molar-refractivity contribution in [2.45, 2.75) is 37.1 Å². The molecule has 0 amide bonds. The summed E-state index contributed by atoms with van der Waals surface area (Å²) in [5.41, 5.74) is 0.482. The lowest BCUT2D eigenvalue weighted by atomic mass is 10.0. The van der Waals surface area contributed by atoms with Crippen LogP contribution in [0.3, 0.4) is 0 Å². The molecular formula is C23H23F4N3O4. The average Bonchev–Trinajstić information content (AvgIpc) is 3.37. The van der Waals surface area contributed by atoms with Crippen molar-refractivity contribution in [3.05, 3.63) is 42.0 Å². The summed E-state index contributed by atoms with van der Waals surface area (Å²) in [6.45, 7) is -0.407. The third kappa shape index (κ3) is 4.30. The van der Waals surface area contributed by atoms with Crippen LogP contribution in [-0.4, -0.2) is 70.7 Å². The van der Waals surface area contributed by atoms with Gasteiger partial charge < -0.3 is 29.6 Å². The van der Waals surface area contributed by atoms with Crippen molar-refractivity contribution in [2.24, 2.45) is 0 Å². The van der Waals surface area contributed by atoms with Gasteiger partial charge in [-0.15, -0.1) is 0 Å². The van der Waals surface area contributed by atoms with E-state index in [1.165, 1.54) is 17.0 Å². The van der Waals surface area contributed by atoms with Gasteiger partial charge in [0, 0.05) is 31.1 Å². The maximum Gasteiger partial charge on any atom is 0.295 e. The summed E-state index contributed by atoms with van der Waals surface area (Å²) in [5.74, 6) is -4.45. The number of hydrogen-bond donors (Lipinski definition) is 3. The van der Waals surface area contributed by atoms with Crippen molar-refractivity contribution in [2.75, 3.05) is 31.2 Å². The molecule has 3 N–H and O–H groups in total. The molecule has 3 aromatic rings. The first-order valence-corrected chi connectivity index (χ1v) is 10.9. The number of imidazole rings is 1. The van der Waals surface area contributed by atoms with Crippen LogP contribution >= 0.6 is 0 Å². The number of nitrogens with zero attached hydrogens (tertiary/aromatic N) is 2. The Morgan fingerprint density at radius 1 is 1.24 bits per heavy atom. The second kappa shape index (κ2) is 8.71. The van der Waals surface area contributed by atoms with E-state index in [2.05, 4.69) is 9.97 Å². The molecule has 11 heteroatoms. The van der Waals surface area contributed by atoms with Crippen LogP contribution in [0.1, 0.15) is 12.8 Å². The molecule has 3 atom stereocenters. The Bertz CT molecular complexity index is 1190. The quantitative estimate of drug-likeness (QED) is 0.485. The third-order valence-electron chi connectivity index (χ3n) is 6.23. The van der Waals surface area contributed by atoms with Crippen LogP contribution in [0.2, 0.25) is 0 Å². The van der Waals surface area contributed by atoms with E-state index in [9.17, 15) is 18.3 Å². The molecule has 0 aliphatic carbocycles. The van der Waals surface area contributed by atoms with Crippen molar-refractivity contribution in [3.63, 3.8) is 0 Å². The highest BCUT2D eigenvalue weighted by Crippen LogP contribution is 2.35. The number of ether oxygens (including phenoxy) is 2. The molecule has 0 saturated carbocycles. The number of alkyl halides is 2. The number of rotatable bonds is 5. The molecule has 3 heterocycles. The molecular weight excluding hydrogens is 458 g/mol. The lowest BCUT2D eigenvalue weighted by molar-refractivity contribution is -0.131. The Labute approximate surface area is 191 Å². The number of aliphatic hydroxyl groups is 2. The summed E-state index contributed by atoms with van der Waals surface area (Å²) < 4.78 is 68.1. The molecule has 5 rings (SSSR count). The van der Waals surface area contributed by atoms with E-state index >= 15 is 4.39 Å². The first kappa shape index (κ1) is 22.9. The van der Waals surface area contributed by atoms with Crippen LogP contribution in [0.5, 0.6) is 6.01 Å². The number of hydrogen-bond acceptors (Lipinski definition) is 6. The normalized spacial score (nSPS) is 24.6. The number of benzene rings is 2. The number of nitrogens with one attached hydrogen (secondary N) is 1. The number of aliphatic hydroxyl groups excluding tert-OH is 2. The van der Waals surface area contributed by atoms with Crippen molar-refractivity contribution in [1.29, 1.82) is 0 Å². The van der Waals surface area contributed by atoms with Crippen LogP contribution in [0.15, 0.2) is 30.3 Å². The highest BCUT2D eigenvalue weighted by atomic mass is 19.3. The summed E-state index contributed by atoms with van der Waals surface area (Å²) in [4.78, 5) is 8.35. The summed E-state index contributed by atoms with van der Waals surface area (Å²) in [6, 6.07) is 7.15. The number of aromatic nitrogens is 2. The minimum Gasteiger partial charge on any atom is -0.459 e. The number of H-pyrrole nitrogens is 1. The second-order valence-corrected chi connectivity index (χ2v) is 8.66. The van der Waals surface area contributed by atoms with Gasteiger partial charge >= 0.3 is 0 Å². The van der Waals surface area contributed by atoms with Gasteiger partial charge in [-0.2, -0.15) is 4.98 Å². The number of aromatic amines is 1. The summed E-state index contributed by atoms with van der Waals surface area (Å²) in [7, 11) is 0. The lowest BCUT2D eigenvalue weighted by Gasteiger charge is -2.31. The number of fused-ring (bicyclic) bond motifs is 1. The highest BCUT2D eigenvalue weighted by Gasteiger charge is 2.38. The van der Waals surface area contributed by atoms with Crippen molar-refractivity contribution in [3.8, 4) is 17.1 Å². The Kier molecular flexibility index (Phi) is 5.86. The zero-order valence-corrected chi connectivity index (χ0v) is 18.0. The van der Waals surface area contributed by atoms with Crippen LogP contribution in [0.25, 0.3) is 22.2 Å². The summed E-state index contributed by atoms with van der Waals surface area (Å²) in [6.07, 6.45) is -2.26. The molecule has 0 radical (unpaired) electrons. The van der Waals surface area contributed by atoms with Crippen molar-refractivity contribution >= 4 is 16.7 Å². The topological polar surface area (TPSA) is 90.8 Å². The van der Waals surface area contributed by atoms with E-state index in [0.29, 0.717) is 5.69 Å². The molecule has 7 nitrogen and oxygen atoms in total. The lowest BCUT2D eigenvalue weighted by Crippen LogP contribution is -2.45. The van der Waals surface area contributed by atoms with Gasteiger partial charge in [-0.05, 0) is 17.7 Å². The predicted octanol–water partition coefficient (Wildman–Crippen LogP) is 3.24. The fourth-order valence-electron chi connectivity index (χ4n) is 4.42. The molecule has 2 fully saturated rings. The first-order chi connectivity index (χ1) is 16.2. The largest absolute Gasteiger partial charge is 0.459 e. The minimum atomic E-state index is -2.75. The van der Waals surface area contributed by atoms with E-state index in [-0.39, 0.29) is 67.3 Å². The molecule has 2 saturated heterocycles. The molecule has 1 aromatic heterocycles. The van der Waals surface area contributed by atoms with E-state index < -0.39 is 35.9 Å². The molecule has 2 aromatic carbocycles. The molecule has 0 bridgehead atoms. The van der Waals surface area contributed by atoms with E-state index in [4.69, 9.17) is 14.6 Å². The van der Waals surface area contributed by atoms with Gasteiger partial charge in [-0.25, -0.2) is 17.6 Å². The van der Waals surface area contributed by atoms with Gasteiger partial charge in [0.05, 0.1) is 36.9 Å². The van der Waals surface area contributed by atoms with Crippen LogP contribution in [-0.2, 0) is 4.74 Å². The van der Waals surface area contributed by atoms with Gasteiger partial charge in [-0.1, -0.05) is 12.1 Å². The predicted molar refractivity (Wildman–Crippen MR) is 115 cm³/mol. The third-order valence-corrected chi connectivity index (χ3v) is 6.23. The monoisotopic (exact) mass is 481 g/mol. The molecule has 0 spiro atoms. The zero-order chi connectivity index (χ0) is 24.0. The standard InChI is InChI=1S/C23H23F4N3O4/c24-15-8-16-21(29-22(28-16)34-14-7-17(32)18(9-31)33-10-14)20(25)19(15)12-1-3-13(4-2-12)30-6-5-23(26,27)11-30/h1-4,8,14,17-18,31-32H,5-7,9-11H2,(H,28,29)/t14-,17+,18-/m1/s1. The average molecular weight is 481 g/mol.